The fraction of sp³-hybridized carbons (Fsp3) is 0. The summed E-state index contributed by atoms with van der Waals surface area (Å²) in [6.45, 7) is 0. The van der Waals surface area contributed by atoms with E-state index in [9.17, 15) is 5.48 Å². The maximum Gasteiger partial charge on any atom is 0.143 e. The Balaban J connectivity index is 1.30. The maximum atomic E-state index is 9.38. The fourth-order valence-electron chi connectivity index (χ4n) is 7.36. The number of furan rings is 1. The van der Waals surface area contributed by atoms with Gasteiger partial charge in [-0.3, -0.25) is 0 Å². The predicted molar refractivity (Wildman–Crippen MR) is 208 cm³/mol. The summed E-state index contributed by atoms with van der Waals surface area (Å²) in [5.41, 5.74) is 6.75. The van der Waals surface area contributed by atoms with Gasteiger partial charge in [-0.25, -0.2) is 0 Å². The van der Waals surface area contributed by atoms with E-state index in [2.05, 4.69) is 24.3 Å². The molecular formula is C48H30O. The van der Waals surface area contributed by atoms with Gasteiger partial charge in [0.15, 0.2) is 0 Å². The van der Waals surface area contributed by atoms with Gasteiger partial charge in [-0.05, 0) is 83.6 Å². The van der Waals surface area contributed by atoms with Crippen molar-refractivity contribution in [3.8, 4) is 44.5 Å². The fourth-order valence-corrected chi connectivity index (χ4v) is 7.36. The lowest BCUT2D eigenvalue weighted by molar-refractivity contribution is 0.673. The average Bonchev–Trinajstić information content (AvgIpc) is 3.65. The Morgan fingerprint density at radius 3 is 1.67 bits per heavy atom. The molecule has 0 atom stereocenters. The van der Waals surface area contributed by atoms with E-state index in [4.69, 9.17) is 9.90 Å². The molecule has 0 saturated heterocycles. The maximum absolute atomic E-state index is 9.38. The molecule has 1 nitrogen and oxygen atoms in total. The summed E-state index contributed by atoms with van der Waals surface area (Å²) in [6, 6.07) is 40.0. The van der Waals surface area contributed by atoms with Gasteiger partial charge in [0.05, 0.1) is 11.0 Å². The van der Waals surface area contributed by atoms with Crippen LogP contribution in [0, 0.1) is 0 Å². The van der Waals surface area contributed by atoms with Gasteiger partial charge >= 0.3 is 0 Å². The lowest BCUT2D eigenvalue weighted by Crippen LogP contribution is -1.92. The van der Waals surface area contributed by atoms with Crippen LogP contribution in [0.25, 0.3) is 98.8 Å². The molecule has 0 amide bonds. The van der Waals surface area contributed by atoms with Gasteiger partial charge in [0.2, 0.25) is 0 Å². The predicted octanol–water partition coefficient (Wildman–Crippen LogP) is 13.7. The van der Waals surface area contributed by atoms with Gasteiger partial charge < -0.3 is 4.42 Å². The van der Waals surface area contributed by atoms with Crippen molar-refractivity contribution >= 4 is 54.3 Å². The highest BCUT2D eigenvalue weighted by Crippen LogP contribution is 2.46. The molecule has 1 heterocycles. The van der Waals surface area contributed by atoms with Crippen molar-refractivity contribution < 1.29 is 15.4 Å². The molecule has 0 N–H and O–H groups in total. The van der Waals surface area contributed by atoms with Gasteiger partial charge in [-0.1, -0.05) is 170 Å². The number of benzene rings is 9. The Morgan fingerprint density at radius 1 is 0.367 bits per heavy atom. The van der Waals surface area contributed by atoms with Crippen LogP contribution in [0.1, 0.15) is 11.0 Å². The van der Waals surface area contributed by atoms with Crippen LogP contribution in [0.2, 0.25) is 0 Å². The second-order valence-corrected chi connectivity index (χ2v) is 12.2. The summed E-state index contributed by atoms with van der Waals surface area (Å²) in [6.07, 6.45) is 0. The molecule has 10 rings (SSSR count). The van der Waals surface area contributed by atoms with Crippen molar-refractivity contribution in [3.05, 3.63) is 182 Å². The Hall–Kier alpha value is -6.44. The summed E-state index contributed by atoms with van der Waals surface area (Å²) in [7, 11) is 0. The largest absolute Gasteiger partial charge is 0.455 e. The molecule has 0 unspecified atom stereocenters. The lowest BCUT2D eigenvalue weighted by atomic mass is 9.83. The third kappa shape index (κ3) is 4.33. The van der Waals surface area contributed by atoms with Crippen LogP contribution in [0.4, 0.5) is 0 Å². The molecule has 0 aliphatic carbocycles. The van der Waals surface area contributed by atoms with Crippen LogP contribution in [0.3, 0.4) is 0 Å². The normalized spacial score (nSPS) is 14.0. The minimum atomic E-state index is -0.432. The third-order valence-corrected chi connectivity index (χ3v) is 9.53. The Bertz CT molecular complexity index is 3240. The molecule has 0 saturated carbocycles. The molecule has 228 valence electrons. The SMILES string of the molecule is [2H]c1c([2H])c([2H])c2c(-c3ccccc3-c3ccccc3)c3c([2H])c([2H])c([2H])c([2H])c3c(-c3ccc(-c4cccc5oc6c7ccccc7ccc6c45)cc3)c2c1[2H]. The van der Waals surface area contributed by atoms with Crippen LogP contribution in [-0.2, 0) is 0 Å². The van der Waals surface area contributed by atoms with Crippen molar-refractivity contribution in [1.82, 2.24) is 0 Å². The Kier molecular flexibility index (Phi) is 4.69. The molecule has 0 fully saturated rings. The van der Waals surface area contributed by atoms with E-state index in [0.717, 1.165) is 55.0 Å². The Labute approximate surface area is 295 Å². The van der Waals surface area contributed by atoms with Crippen LogP contribution in [0.15, 0.2) is 186 Å². The molecule has 1 heteroatoms. The highest BCUT2D eigenvalue weighted by molar-refractivity contribution is 6.23. The highest BCUT2D eigenvalue weighted by atomic mass is 16.3. The standard InChI is InChI=1S/C48H30O/c1-2-13-31(14-3-1)35-16-6-7-18-38(35)46-41-21-10-8-19-39(41)45(40-20-9-11-22-42(40)46)34-27-25-33(26-28-34)36-23-12-24-44-47(36)43-30-29-32-15-4-5-17-37(32)48(43)49-44/h1-30H/i8D,9D,10D,11D,19D,20D,21D,22D. The lowest BCUT2D eigenvalue weighted by Gasteiger charge is -2.20. The van der Waals surface area contributed by atoms with Crippen molar-refractivity contribution in [2.45, 2.75) is 0 Å². The van der Waals surface area contributed by atoms with Crippen LogP contribution >= 0.6 is 0 Å². The first-order valence-electron chi connectivity index (χ1n) is 20.2. The smallest absolute Gasteiger partial charge is 0.143 e. The summed E-state index contributed by atoms with van der Waals surface area (Å²) in [5.74, 6) is 0. The first kappa shape index (κ1) is 20.7. The molecule has 0 spiro atoms. The first-order valence-corrected chi connectivity index (χ1v) is 16.2. The van der Waals surface area contributed by atoms with Crippen molar-refractivity contribution in [3.63, 3.8) is 0 Å². The van der Waals surface area contributed by atoms with E-state index >= 15 is 0 Å². The average molecular weight is 631 g/mol. The zero-order valence-electron chi connectivity index (χ0n) is 34.1. The number of fused-ring (bicyclic) bond motifs is 7. The van der Waals surface area contributed by atoms with Crippen LogP contribution < -0.4 is 0 Å². The van der Waals surface area contributed by atoms with E-state index in [-0.39, 0.29) is 45.7 Å². The summed E-state index contributed by atoms with van der Waals surface area (Å²) in [4.78, 5) is 0. The molecular weight excluding hydrogens is 593 g/mol. The van der Waals surface area contributed by atoms with Crippen molar-refractivity contribution in [2.75, 3.05) is 0 Å². The molecule has 9 aromatic carbocycles. The van der Waals surface area contributed by atoms with Gasteiger partial charge in [0.25, 0.3) is 0 Å². The first-order chi connectivity index (χ1) is 27.7. The zero-order valence-corrected chi connectivity index (χ0v) is 26.1. The van der Waals surface area contributed by atoms with Gasteiger partial charge in [-0.2, -0.15) is 0 Å². The van der Waals surface area contributed by atoms with Gasteiger partial charge in [0.1, 0.15) is 11.2 Å². The van der Waals surface area contributed by atoms with Gasteiger partial charge in [0, 0.05) is 16.2 Å². The number of hydrogen-bond donors (Lipinski definition) is 0. The second-order valence-electron chi connectivity index (χ2n) is 12.2. The second kappa shape index (κ2) is 11.1. The number of hydrogen-bond acceptors (Lipinski definition) is 1. The summed E-state index contributed by atoms with van der Waals surface area (Å²) in [5, 5.41) is 4.78. The topological polar surface area (TPSA) is 13.1 Å². The van der Waals surface area contributed by atoms with E-state index < -0.39 is 24.2 Å². The molecule has 0 radical (unpaired) electrons. The van der Waals surface area contributed by atoms with E-state index in [1.54, 1.807) is 0 Å². The van der Waals surface area contributed by atoms with E-state index in [0.29, 0.717) is 22.3 Å². The Morgan fingerprint density at radius 2 is 0.939 bits per heavy atom. The minimum absolute atomic E-state index is 0.180. The van der Waals surface area contributed by atoms with E-state index in [1.165, 1.54) is 0 Å². The summed E-state index contributed by atoms with van der Waals surface area (Å²) < 4.78 is 79.3. The zero-order chi connectivity index (χ0) is 39.3. The van der Waals surface area contributed by atoms with Gasteiger partial charge in [-0.15, -0.1) is 0 Å². The number of rotatable bonds is 4. The molecule has 49 heavy (non-hydrogen) atoms. The van der Waals surface area contributed by atoms with Crippen molar-refractivity contribution in [1.29, 1.82) is 0 Å². The van der Waals surface area contributed by atoms with Crippen molar-refractivity contribution in [2.24, 2.45) is 0 Å². The van der Waals surface area contributed by atoms with Crippen LogP contribution in [0.5, 0.6) is 0 Å². The molecule has 0 aliphatic heterocycles. The molecule has 0 aliphatic rings. The minimum Gasteiger partial charge on any atom is -0.455 e. The van der Waals surface area contributed by atoms with E-state index in [1.807, 2.05) is 109 Å². The molecule has 0 bridgehead atoms. The quantitative estimate of drug-likeness (QED) is 0.176. The third-order valence-electron chi connectivity index (χ3n) is 9.53. The van der Waals surface area contributed by atoms with Crippen LogP contribution in [-0.4, -0.2) is 0 Å². The molecule has 1 aromatic heterocycles. The summed E-state index contributed by atoms with van der Waals surface area (Å²) >= 11 is 0. The highest BCUT2D eigenvalue weighted by Gasteiger charge is 2.19. The molecule has 10 aromatic rings. The monoisotopic (exact) mass is 630 g/mol.